The molecule has 0 aromatic heterocycles. The highest BCUT2D eigenvalue weighted by molar-refractivity contribution is 9.10. The summed E-state index contributed by atoms with van der Waals surface area (Å²) in [7, 11) is 1.55. The zero-order valence-electron chi connectivity index (χ0n) is 11.6. The Hall–Kier alpha value is -1.52. The van der Waals surface area contributed by atoms with E-state index in [1.165, 1.54) is 5.56 Å². The van der Waals surface area contributed by atoms with Gasteiger partial charge in [0.05, 0.1) is 7.11 Å². The molecule has 106 valence electrons. The summed E-state index contributed by atoms with van der Waals surface area (Å²) in [6.45, 7) is 2.68. The minimum absolute atomic E-state index is 0.200. The quantitative estimate of drug-likeness (QED) is 0.867. The van der Waals surface area contributed by atoms with Crippen LogP contribution in [0.3, 0.4) is 0 Å². The monoisotopic (exact) mass is 335 g/mol. The summed E-state index contributed by atoms with van der Waals surface area (Å²) >= 11 is 3.43. The molecular formula is C16H18BrNO2. The van der Waals surface area contributed by atoms with E-state index in [1.54, 1.807) is 13.2 Å². The zero-order valence-corrected chi connectivity index (χ0v) is 13.1. The predicted octanol–water partition coefficient (Wildman–Crippen LogP) is 4.01. The lowest BCUT2D eigenvalue weighted by atomic mass is 10.1. The molecule has 0 heterocycles. The molecule has 0 unspecified atom stereocenters. The molecule has 0 saturated heterocycles. The maximum absolute atomic E-state index is 10.0. The van der Waals surface area contributed by atoms with Gasteiger partial charge >= 0.3 is 0 Å². The number of hydrogen-bond donors (Lipinski definition) is 2. The molecule has 0 aliphatic rings. The Morgan fingerprint density at radius 1 is 1.20 bits per heavy atom. The average molecular weight is 336 g/mol. The van der Waals surface area contributed by atoms with E-state index in [9.17, 15) is 5.11 Å². The maximum Gasteiger partial charge on any atom is 0.162 e. The number of benzene rings is 2. The number of rotatable bonds is 5. The molecule has 1 atom stereocenters. The van der Waals surface area contributed by atoms with Gasteiger partial charge in [0.25, 0.3) is 0 Å². The third-order valence-electron chi connectivity index (χ3n) is 3.27. The second kappa shape index (κ2) is 6.77. The van der Waals surface area contributed by atoms with Crippen LogP contribution in [0, 0.1) is 0 Å². The molecule has 0 spiro atoms. The number of halogens is 1. The summed E-state index contributed by atoms with van der Waals surface area (Å²) in [5.41, 5.74) is 2.03. The van der Waals surface area contributed by atoms with Crippen molar-refractivity contribution in [3.05, 3.63) is 58.1 Å². The normalized spacial score (nSPS) is 12.2. The molecule has 2 aromatic carbocycles. The molecule has 0 radical (unpaired) electrons. The van der Waals surface area contributed by atoms with Gasteiger partial charge in [-0.3, -0.25) is 0 Å². The molecule has 3 nitrogen and oxygen atoms in total. The fourth-order valence-corrected chi connectivity index (χ4v) is 2.27. The lowest BCUT2D eigenvalue weighted by Crippen LogP contribution is -2.18. The van der Waals surface area contributed by atoms with Crippen LogP contribution in [-0.4, -0.2) is 12.2 Å². The number of para-hydroxylation sites is 1. The first-order chi connectivity index (χ1) is 9.61. The third kappa shape index (κ3) is 3.52. The Morgan fingerprint density at radius 3 is 2.55 bits per heavy atom. The van der Waals surface area contributed by atoms with Crippen molar-refractivity contribution in [1.82, 2.24) is 5.32 Å². The van der Waals surface area contributed by atoms with E-state index in [-0.39, 0.29) is 11.8 Å². The van der Waals surface area contributed by atoms with Gasteiger partial charge in [0.1, 0.15) is 0 Å². The van der Waals surface area contributed by atoms with Crippen LogP contribution in [0.15, 0.2) is 46.9 Å². The summed E-state index contributed by atoms with van der Waals surface area (Å²) in [6, 6.07) is 13.9. The van der Waals surface area contributed by atoms with Crippen LogP contribution >= 0.6 is 15.9 Å². The van der Waals surface area contributed by atoms with Gasteiger partial charge in [0.2, 0.25) is 0 Å². The highest BCUT2D eigenvalue weighted by Crippen LogP contribution is 2.29. The van der Waals surface area contributed by atoms with Crippen LogP contribution < -0.4 is 10.1 Å². The van der Waals surface area contributed by atoms with E-state index in [1.807, 2.05) is 24.3 Å². The lowest BCUT2D eigenvalue weighted by Gasteiger charge is -2.16. The van der Waals surface area contributed by atoms with Crippen molar-refractivity contribution < 1.29 is 9.84 Å². The zero-order chi connectivity index (χ0) is 14.5. The number of phenolic OH excluding ortho intramolecular Hbond substituents is 1. The number of phenols is 1. The van der Waals surface area contributed by atoms with Crippen molar-refractivity contribution in [1.29, 1.82) is 0 Å². The van der Waals surface area contributed by atoms with Crippen molar-refractivity contribution in [3.63, 3.8) is 0 Å². The molecule has 0 aliphatic carbocycles. The van der Waals surface area contributed by atoms with Gasteiger partial charge in [-0.15, -0.1) is 0 Å². The number of ether oxygens (including phenoxy) is 1. The van der Waals surface area contributed by atoms with Gasteiger partial charge in [-0.05, 0) is 30.7 Å². The summed E-state index contributed by atoms with van der Waals surface area (Å²) in [5.74, 6) is 0.700. The van der Waals surface area contributed by atoms with E-state index in [0.717, 1.165) is 10.0 Å². The fraction of sp³-hybridized carbons (Fsp3) is 0.250. The van der Waals surface area contributed by atoms with Crippen LogP contribution in [0.5, 0.6) is 11.5 Å². The lowest BCUT2D eigenvalue weighted by molar-refractivity contribution is 0.369. The Labute approximate surface area is 127 Å². The van der Waals surface area contributed by atoms with Crippen LogP contribution in [0.25, 0.3) is 0 Å². The minimum Gasteiger partial charge on any atom is -0.504 e. The standard InChI is InChI=1S/C16H18BrNO2/c1-11(12-6-8-14(17)9-7-12)18-10-13-4-3-5-15(20-2)16(13)19/h3-9,11,18-19H,10H2,1-2H3/t11-/m0/s1. The first-order valence-corrected chi connectivity index (χ1v) is 7.25. The van der Waals surface area contributed by atoms with Crippen LogP contribution in [0.4, 0.5) is 0 Å². The number of nitrogens with one attached hydrogen (secondary N) is 1. The molecule has 0 fully saturated rings. The van der Waals surface area contributed by atoms with E-state index in [0.29, 0.717) is 12.3 Å². The van der Waals surface area contributed by atoms with Crippen LogP contribution in [0.2, 0.25) is 0 Å². The molecule has 0 saturated carbocycles. The largest absolute Gasteiger partial charge is 0.504 e. The summed E-state index contributed by atoms with van der Waals surface area (Å²) < 4.78 is 6.18. The van der Waals surface area contributed by atoms with Crippen LogP contribution in [0.1, 0.15) is 24.1 Å². The van der Waals surface area contributed by atoms with Gasteiger partial charge in [-0.1, -0.05) is 40.2 Å². The average Bonchev–Trinajstić information content (AvgIpc) is 2.46. The third-order valence-corrected chi connectivity index (χ3v) is 3.80. The summed E-state index contributed by atoms with van der Waals surface area (Å²) in [5, 5.41) is 13.4. The van der Waals surface area contributed by atoms with E-state index >= 15 is 0 Å². The minimum atomic E-state index is 0.200. The molecule has 4 heteroatoms. The van der Waals surface area contributed by atoms with Crippen molar-refractivity contribution in [3.8, 4) is 11.5 Å². The van der Waals surface area contributed by atoms with E-state index in [2.05, 4.69) is 40.3 Å². The van der Waals surface area contributed by atoms with E-state index < -0.39 is 0 Å². The Balaban J connectivity index is 2.03. The van der Waals surface area contributed by atoms with Gasteiger partial charge in [-0.25, -0.2) is 0 Å². The van der Waals surface area contributed by atoms with Crippen molar-refractivity contribution in [2.24, 2.45) is 0 Å². The number of aromatic hydroxyl groups is 1. The van der Waals surface area contributed by atoms with Gasteiger partial charge < -0.3 is 15.2 Å². The smallest absolute Gasteiger partial charge is 0.162 e. The van der Waals surface area contributed by atoms with Crippen molar-refractivity contribution >= 4 is 15.9 Å². The second-order valence-corrected chi connectivity index (χ2v) is 5.54. The topological polar surface area (TPSA) is 41.5 Å². The Bertz CT molecular complexity index is 569. The van der Waals surface area contributed by atoms with E-state index in [4.69, 9.17) is 4.74 Å². The first kappa shape index (κ1) is 14.9. The van der Waals surface area contributed by atoms with Gasteiger partial charge in [0.15, 0.2) is 11.5 Å². The van der Waals surface area contributed by atoms with Crippen molar-refractivity contribution in [2.75, 3.05) is 7.11 Å². The number of methoxy groups -OCH3 is 1. The SMILES string of the molecule is COc1cccc(CN[C@@H](C)c2ccc(Br)cc2)c1O. The highest BCUT2D eigenvalue weighted by Gasteiger charge is 2.09. The molecule has 20 heavy (non-hydrogen) atoms. The molecule has 0 bridgehead atoms. The molecular weight excluding hydrogens is 318 g/mol. The predicted molar refractivity (Wildman–Crippen MR) is 84.1 cm³/mol. The van der Waals surface area contributed by atoms with Gasteiger partial charge in [0, 0.05) is 22.6 Å². The highest BCUT2D eigenvalue weighted by atomic mass is 79.9. The van der Waals surface area contributed by atoms with Crippen LogP contribution in [-0.2, 0) is 6.54 Å². The van der Waals surface area contributed by atoms with Gasteiger partial charge in [-0.2, -0.15) is 0 Å². The first-order valence-electron chi connectivity index (χ1n) is 6.45. The Morgan fingerprint density at radius 2 is 1.90 bits per heavy atom. The maximum atomic E-state index is 10.0. The molecule has 2 aromatic rings. The second-order valence-electron chi connectivity index (χ2n) is 4.62. The summed E-state index contributed by atoms with van der Waals surface area (Å²) in [6.07, 6.45) is 0. The molecule has 2 rings (SSSR count). The summed E-state index contributed by atoms with van der Waals surface area (Å²) in [4.78, 5) is 0. The molecule has 0 aliphatic heterocycles. The Kier molecular flexibility index (Phi) is 5.04. The molecule has 0 amide bonds. The fourth-order valence-electron chi connectivity index (χ4n) is 2.01. The molecule has 2 N–H and O–H groups in total. The van der Waals surface area contributed by atoms with Crippen molar-refractivity contribution in [2.45, 2.75) is 19.5 Å². The number of hydrogen-bond acceptors (Lipinski definition) is 3.